The smallest absolute Gasteiger partial charge is 0.270 e. The Balaban J connectivity index is 0.000000174. The highest BCUT2D eigenvalue weighted by Gasteiger charge is 2.46. The van der Waals surface area contributed by atoms with E-state index in [1.165, 1.54) is 55.4 Å². The Labute approximate surface area is 573 Å². The number of hydrogen-bond acceptors (Lipinski definition) is 16. The number of anilines is 6. The van der Waals surface area contributed by atoms with E-state index in [-0.39, 0.29) is 106 Å². The van der Waals surface area contributed by atoms with E-state index >= 15 is 13.2 Å². The molecule has 0 aliphatic carbocycles. The molecule has 4 fully saturated rings. The summed E-state index contributed by atoms with van der Waals surface area (Å²) >= 11 is 0. The molecule has 3 aromatic heterocycles. The molecule has 4 N–H and O–H groups in total. The number of benzene rings is 4. The highest BCUT2D eigenvalue weighted by molar-refractivity contribution is 5.88. The molecule has 4 saturated heterocycles. The Morgan fingerprint density at radius 3 is 1.28 bits per heavy atom. The number of halogens is 9. The van der Waals surface area contributed by atoms with Crippen LogP contribution >= 0.6 is 0 Å². The van der Waals surface area contributed by atoms with Crippen LogP contribution in [-0.4, -0.2) is 129 Å². The van der Waals surface area contributed by atoms with Gasteiger partial charge in [-0.3, -0.25) is 4.79 Å². The molecule has 6 unspecified atom stereocenters. The van der Waals surface area contributed by atoms with Crippen molar-refractivity contribution >= 4 is 40.8 Å². The van der Waals surface area contributed by atoms with Crippen molar-refractivity contribution in [1.29, 1.82) is 0 Å². The summed E-state index contributed by atoms with van der Waals surface area (Å²) in [5.41, 5.74) is 2.93. The van der Waals surface area contributed by atoms with Gasteiger partial charge in [-0.1, -0.05) is 106 Å². The third-order valence-electron chi connectivity index (χ3n) is 18.9. The van der Waals surface area contributed by atoms with Crippen molar-refractivity contribution in [3.63, 3.8) is 0 Å². The molecule has 7 aromatic rings. The van der Waals surface area contributed by atoms with Crippen LogP contribution in [0.25, 0.3) is 0 Å². The van der Waals surface area contributed by atoms with Crippen molar-refractivity contribution in [2.75, 3.05) is 84.3 Å². The number of likely N-dealkylation sites (tertiary alicyclic amines) is 1. The van der Waals surface area contributed by atoms with Crippen molar-refractivity contribution < 1.29 is 59.3 Å². The molecule has 6 atom stereocenters. The number of nitrogens with zero attached hydrogens (tertiary/aromatic N) is 11. The Morgan fingerprint density at radius 2 is 0.939 bits per heavy atom. The van der Waals surface area contributed by atoms with Gasteiger partial charge in [-0.15, -0.1) is 0 Å². The topological polar surface area (TPSA) is 184 Å². The first-order valence-electron chi connectivity index (χ1n) is 33.4. The fourth-order valence-electron chi connectivity index (χ4n) is 13.4. The monoisotopic (exact) mass is 1380 g/mol. The number of carbonyl (C=O) groups is 1. The predicted molar refractivity (Wildman–Crippen MR) is 365 cm³/mol. The number of likely N-dealkylation sites (N-methyl/N-ethyl adjacent to an activating group) is 2. The SMILES string of the molecule is CC(C)(C)CC(CO)Nc1ncnc(N2CCCC2c2ccc(C(C)(F)F)cc2)c1F.CN(c1ncnc(N2CCCC2c2ccc(C(C)(F)F)cc2)c1F)C1CC(C)(C)N(C)C1=O.COc1ccc(CC(CO)Nc2ncnc(N3CCCC3c3ccc(C(C)(F)F)cc3)c2F)cc1. The first kappa shape index (κ1) is 74.7. The fourth-order valence-corrected chi connectivity index (χ4v) is 13.4. The van der Waals surface area contributed by atoms with Crippen LogP contribution in [-0.2, 0) is 29.0 Å². The highest BCUT2D eigenvalue weighted by Crippen LogP contribution is 2.43. The second kappa shape index (κ2) is 30.9. The number of rotatable bonds is 21. The van der Waals surface area contributed by atoms with E-state index < -0.39 is 47.3 Å². The highest BCUT2D eigenvalue weighted by atomic mass is 19.3. The van der Waals surface area contributed by atoms with E-state index in [0.717, 1.165) is 87.3 Å². The van der Waals surface area contributed by atoms with E-state index in [9.17, 15) is 41.4 Å². The van der Waals surface area contributed by atoms with Crippen LogP contribution in [0.1, 0.15) is 164 Å². The molecule has 0 spiro atoms. The number of aliphatic hydroxyl groups is 2. The van der Waals surface area contributed by atoms with Gasteiger partial charge in [0.05, 0.1) is 50.5 Å². The quantitative estimate of drug-likeness (QED) is 0.0498. The lowest BCUT2D eigenvalue weighted by Crippen LogP contribution is -2.41. The zero-order chi connectivity index (χ0) is 71.9. The van der Waals surface area contributed by atoms with Crippen molar-refractivity contribution in [2.24, 2.45) is 5.41 Å². The second-order valence-electron chi connectivity index (χ2n) is 28.0. The minimum Gasteiger partial charge on any atom is -0.497 e. The van der Waals surface area contributed by atoms with E-state index in [1.807, 2.05) is 73.6 Å². The van der Waals surface area contributed by atoms with Gasteiger partial charge in [0.25, 0.3) is 17.8 Å². The molecule has 17 nitrogen and oxygen atoms in total. The van der Waals surface area contributed by atoms with Gasteiger partial charge in [0.15, 0.2) is 34.9 Å². The number of ether oxygens (including phenoxy) is 1. The average Bonchev–Trinajstić information content (AvgIpc) is 1.67. The molecule has 534 valence electrons. The van der Waals surface area contributed by atoms with E-state index in [0.29, 0.717) is 38.9 Å². The second-order valence-corrected chi connectivity index (χ2v) is 28.0. The lowest BCUT2D eigenvalue weighted by molar-refractivity contribution is -0.129. The first-order chi connectivity index (χ1) is 46.7. The summed E-state index contributed by atoms with van der Waals surface area (Å²) in [5.74, 6) is -9.19. The molecule has 11 rings (SSSR count). The van der Waals surface area contributed by atoms with Gasteiger partial charge in [0, 0.05) is 76.7 Å². The summed E-state index contributed by atoms with van der Waals surface area (Å²) in [5, 5.41) is 25.6. The summed E-state index contributed by atoms with van der Waals surface area (Å²) < 4.78 is 133. The molecule has 0 radical (unpaired) electrons. The molecule has 4 aliphatic rings. The minimum absolute atomic E-state index is 0.00850. The number of methoxy groups -OCH3 is 1. The Morgan fingerprint density at radius 1 is 0.566 bits per heavy atom. The molecule has 4 aromatic carbocycles. The molecule has 0 bridgehead atoms. The van der Waals surface area contributed by atoms with Crippen molar-refractivity contribution in [3.05, 3.63) is 172 Å². The Bertz CT molecular complexity index is 3820. The van der Waals surface area contributed by atoms with E-state index in [1.54, 1.807) is 67.4 Å². The van der Waals surface area contributed by atoms with Crippen LogP contribution in [0.2, 0.25) is 0 Å². The number of nitrogens with one attached hydrogen (secondary N) is 2. The van der Waals surface area contributed by atoms with Crippen LogP contribution in [0.15, 0.2) is 116 Å². The fraction of sp³-hybridized carbons (Fsp3) is 0.493. The van der Waals surface area contributed by atoms with Gasteiger partial charge in [-0.05, 0) is 111 Å². The van der Waals surface area contributed by atoms with Crippen LogP contribution in [0, 0.1) is 22.9 Å². The summed E-state index contributed by atoms with van der Waals surface area (Å²) in [6, 6.07) is 24.2. The van der Waals surface area contributed by atoms with Crippen LogP contribution in [0.4, 0.5) is 74.4 Å². The molecule has 0 saturated carbocycles. The number of amides is 1. The normalized spacial score (nSPS) is 19.3. The molecule has 99 heavy (non-hydrogen) atoms. The molecule has 4 aliphatic heterocycles. The van der Waals surface area contributed by atoms with E-state index in [4.69, 9.17) is 4.74 Å². The summed E-state index contributed by atoms with van der Waals surface area (Å²) in [4.78, 5) is 46.5. The summed E-state index contributed by atoms with van der Waals surface area (Å²) in [7, 11) is 5.02. The first-order valence-corrected chi connectivity index (χ1v) is 33.4. The summed E-state index contributed by atoms with van der Waals surface area (Å²) in [6.45, 7) is 14.1. The number of aliphatic hydroxyl groups excluding tert-OH is 2. The maximum Gasteiger partial charge on any atom is 0.270 e. The van der Waals surface area contributed by atoms with Crippen molar-refractivity contribution in [3.8, 4) is 5.75 Å². The van der Waals surface area contributed by atoms with Crippen LogP contribution in [0.3, 0.4) is 0 Å². The number of aromatic nitrogens is 6. The zero-order valence-electron chi connectivity index (χ0n) is 57.9. The minimum atomic E-state index is -2.91. The van der Waals surface area contributed by atoms with Gasteiger partial charge in [-0.2, -0.15) is 13.2 Å². The Kier molecular flexibility index (Phi) is 23.3. The van der Waals surface area contributed by atoms with Gasteiger partial charge in [-0.25, -0.2) is 56.2 Å². The number of carbonyl (C=O) groups excluding carboxylic acids is 1. The van der Waals surface area contributed by atoms with Gasteiger partial charge < -0.3 is 50.1 Å². The summed E-state index contributed by atoms with van der Waals surface area (Å²) in [6.07, 6.45) is 10.3. The maximum absolute atomic E-state index is 15.7. The van der Waals surface area contributed by atoms with Crippen molar-refractivity contribution in [1.82, 2.24) is 34.8 Å². The Hall–Kier alpha value is -8.52. The third-order valence-corrected chi connectivity index (χ3v) is 18.9. The maximum atomic E-state index is 15.7. The predicted octanol–water partition coefficient (Wildman–Crippen LogP) is 14.9. The lowest BCUT2D eigenvalue weighted by Gasteiger charge is -2.29. The molecular weight excluding hydrogens is 1290 g/mol. The van der Waals surface area contributed by atoms with Crippen molar-refractivity contribution in [2.45, 2.75) is 173 Å². The van der Waals surface area contributed by atoms with Gasteiger partial charge in [0.2, 0.25) is 23.4 Å². The van der Waals surface area contributed by atoms with Gasteiger partial charge in [0.1, 0.15) is 30.8 Å². The van der Waals surface area contributed by atoms with Gasteiger partial charge >= 0.3 is 0 Å². The standard InChI is InChI=1S/C26H29F3N4O2.C24H30F3N5O.C23H31F3N4O/c1-26(28,29)19-9-7-18(8-10-19)22-4-3-13-33(22)25-23(27)24(30-16-31-25)32-20(15-34)14-17-5-11-21(35-2)12-6-17;1-23(2)13-18(22(33)31(23)5)30(4)20-19(25)21(29-14-28-20)32-12-6-7-17(32)15-8-10-16(11-9-15)24(3,26)27;1-22(2,3)12-17(13-31)29-20-19(24)21(28-14-27-20)30-11-5-6-18(30)15-7-9-16(10-8-15)23(4,25)26/h5-12,16,20,22,34H,3-4,13-15H2,1-2H3,(H,30,31,32);8-11,14,17-18H,6-7,12-13H2,1-5H3;7-10,14,17-18,31H,5-6,11-13H2,1-4H3,(H,27,28,29). The lowest BCUT2D eigenvalue weighted by atomic mass is 9.88. The number of alkyl halides is 6. The molecular formula is C73H90F9N13O4. The van der Waals surface area contributed by atoms with E-state index in [2.05, 4.69) is 40.5 Å². The van der Waals surface area contributed by atoms with Crippen LogP contribution < -0.4 is 35.0 Å². The molecule has 7 heterocycles. The zero-order valence-corrected chi connectivity index (χ0v) is 57.9. The molecule has 1 amide bonds. The molecule has 26 heteroatoms. The third kappa shape index (κ3) is 17.9. The number of hydrogen-bond donors (Lipinski definition) is 4. The van der Waals surface area contributed by atoms with Crippen LogP contribution in [0.5, 0.6) is 5.75 Å². The average molecular weight is 1380 g/mol. The largest absolute Gasteiger partial charge is 0.497 e.